The summed E-state index contributed by atoms with van der Waals surface area (Å²) in [4.78, 5) is 32.4. The number of carboxylic acids is 1. The van der Waals surface area contributed by atoms with E-state index in [1.54, 1.807) is 18.2 Å². The van der Waals surface area contributed by atoms with Gasteiger partial charge in [0.1, 0.15) is 18.0 Å². The van der Waals surface area contributed by atoms with Crippen molar-refractivity contribution in [3.8, 4) is 34.0 Å². The van der Waals surface area contributed by atoms with Crippen LogP contribution in [0.25, 0.3) is 44.3 Å². The summed E-state index contributed by atoms with van der Waals surface area (Å²) in [5.74, 6) is -0.801. The smallest absolute Gasteiger partial charge is 0.335 e. The average Bonchev–Trinajstić information content (AvgIpc) is 3.38. The lowest BCUT2D eigenvalue weighted by molar-refractivity contribution is -0.135. The van der Waals surface area contributed by atoms with Gasteiger partial charge in [0.15, 0.2) is 0 Å². The molecule has 0 unspecified atom stereocenters. The van der Waals surface area contributed by atoms with E-state index in [1.165, 1.54) is 24.1 Å². The van der Waals surface area contributed by atoms with Crippen molar-refractivity contribution in [3.05, 3.63) is 77.9 Å². The largest absolute Gasteiger partial charge is 0.508 e. The van der Waals surface area contributed by atoms with Crippen LogP contribution in [0.1, 0.15) is 53.9 Å². The minimum atomic E-state index is -1.00. The zero-order valence-electron chi connectivity index (χ0n) is 24.9. The summed E-state index contributed by atoms with van der Waals surface area (Å²) in [5.41, 5.74) is 5.85. The Morgan fingerprint density at radius 1 is 0.889 bits per heavy atom. The van der Waals surface area contributed by atoms with E-state index in [-0.39, 0.29) is 29.5 Å². The lowest BCUT2D eigenvalue weighted by atomic mass is 9.81. The van der Waals surface area contributed by atoms with E-state index >= 15 is 0 Å². The Labute approximate surface area is 260 Å². The summed E-state index contributed by atoms with van der Waals surface area (Å²) in [6.45, 7) is 2.16. The molecule has 230 valence electrons. The van der Waals surface area contributed by atoms with Gasteiger partial charge in [-0.1, -0.05) is 37.5 Å². The summed E-state index contributed by atoms with van der Waals surface area (Å²) >= 11 is 0. The van der Waals surface area contributed by atoms with Gasteiger partial charge in [0.2, 0.25) is 5.91 Å². The molecule has 0 spiro atoms. The van der Waals surface area contributed by atoms with Crippen LogP contribution in [0.2, 0.25) is 0 Å². The molecule has 1 aliphatic heterocycles. The maximum Gasteiger partial charge on any atom is 0.335 e. The third-order valence-electron chi connectivity index (χ3n) is 9.24. The molecule has 0 radical (unpaired) electrons. The highest BCUT2D eigenvalue weighted by molar-refractivity contribution is 6.00. The van der Waals surface area contributed by atoms with Gasteiger partial charge in [0, 0.05) is 35.5 Å². The molecule has 3 aromatic carbocycles. The molecule has 7 rings (SSSR count). The first kappa shape index (κ1) is 28.9. The van der Waals surface area contributed by atoms with Crippen LogP contribution < -0.4 is 0 Å². The Kier molecular flexibility index (Phi) is 7.63. The van der Waals surface area contributed by atoms with Crippen LogP contribution in [0.4, 0.5) is 0 Å². The van der Waals surface area contributed by atoms with E-state index in [4.69, 9.17) is 9.72 Å². The Balaban J connectivity index is 1.40. The number of morpholine rings is 1. The summed E-state index contributed by atoms with van der Waals surface area (Å²) in [6, 6.07) is 19.6. The van der Waals surface area contributed by atoms with Crippen LogP contribution in [0, 0.1) is 0 Å². The van der Waals surface area contributed by atoms with Crippen molar-refractivity contribution >= 4 is 33.7 Å². The number of carboxylic acid groups (broad SMARTS) is 1. The number of amides is 1. The van der Waals surface area contributed by atoms with E-state index in [2.05, 4.69) is 6.07 Å². The number of hydrogen-bond donors (Lipinski definition) is 3. The normalized spacial score (nSPS) is 16.0. The molecule has 9 heteroatoms. The van der Waals surface area contributed by atoms with Gasteiger partial charge in [-0.3, -0.25) is 4.79 Å². The molecule has 1 aliphatic carbocycles. The molecule has 3 N–H and O–H groups in total. The molecule has 0 bridgehead atoms. The van der Waals surface area contributed by atoms with Crippen molar-refractivity contribution in [2.75, 3.05) is 26.3 Å². The van der Waals surface area contributed by atoms with Crippen LogP contribution in [0.5, 0.6) is 11.5 Å². The van der Waals surface area contributed by atoms with Crippen LogP contribution >= 0.6 is 0 Å². The van der Waals surface area contributed by atoms with Crippen LogP contribution in [0.3, 0.4) is 0 Å². The number of phenolic OH excluding ortho intramolecular Hbond substituents is 2. The minimum Gasteiger partial charge on any atom is -0.508 e. The number of nitrogens with zero attached hydrogens (tertiary/aromatic N) is 3. The van der Waals surface area contributed by atoms with E-state index in [9.17, 15) is 24.9 Å². The molecule has 5 aromatic rings. The molecular weight excluding hydrogens is 570 g/mol. The topological polar surface area (TPSA) is 125 Å². The number of aromatic hydroxyl groups is 2. The number of aromatic nitrogens is 2. The summed E-state index contributed by atoms with van der Waals surface area (Å²) in [7, 11) is 0. The fourth-order valence-electron chi connectivity index (χ4n) is 7.00. The third-order valence-corrected chi connectivity index (χ3v) is 9.24. The van der Waals surface area contributed by atoms with Gasteiger partial charge in [-0.2, -0.15) is 0 Å². The molecule has 9 nitrogen and oxygen atoms in total. The minimum absolute atomic E-state index is 0.0200. The highest BCUT2D eigenvalue weighted by Gasteiger charge is 2.29. The van der Waals surface area contributed by atoms with Crippen LogP contribution in [-0.2, 0) is 16.1 Å². The van der Waals surface area contributed by atoms with E-state index in [0.717, 1.165) is 58.7 Å². The number of fused-ring (bicyclic) bond motifs is 2. The quantitative estimate of drug-likeness (QED) is 0.201. The third kappa shape index (κ3) is 5.48. The molecule has 2 aliphatic rings. The van der Waals surface area contributed by atoms with Crippen molar-refractivity contribution < 1.29 is 29.6 Å². The Bertz CT molecular complexity index is 1940. The van der Waals surface area contributed by atoms with Gasteiger partial charge < -0.3 is 29.5 Å². The lowest BCUT2D eigenvalue weighted by Crippen LogP contribution is -2.42. The van der Waals surface area contributed by atoms with E-state index in [1.807, 2.05) is 39.8 Å². The second-order valence-electron chi connectivity index (χ2n) is 12.0. The van der Waals surface area contributed by atoms with Gasteiger partial charge in [0.05, 0.1) is 41.2 Å². The van der Waals surface area contributed by atoms with Crippen molar-refractivity contribution in [1.29, 1.82) is 0 Å². The Morgan fingerprint density at radius 3 is 2.44 bits per heavy atom. The number of carbonyl (C=O) groups excluding carboxylic acids is 1. The first-order valence-electron chi connectivity index (χ1n) is 15.6. The maximum atomic E-state index is 13.7. The highest BCUT2D eigenvalue weighted by atomic mass is 16.5. The number of rotatable bonds is 6. The van der Waals surface area contributed by atoms with Crippen LogP contribution in [0.15, 0.2) is 66.7 Å². The molecule has 1 amide bonds. The number of carbonyl (C=O) groups is 2. The number of aromatic carboxylic acids is 1. The summed E-state index contributed by atoms with van der Waals surface area (Å²) < 4.78 is 7.51. The molecule has 0 atom stereocenters. The number of ether oxygens (including phenoxy) is 1. The SMILES string of the molecule is O=C(O)c1ccc2c(C3CCCCC3)c(-c3ccc4nc(-c5ccc(O)cc5O)ccc4c3)n(CC(=O)N3CCOCC3)c2c1. The average molecular weight is 606 g/mol. The zero-order chi connectivity index (χ0) is 31.1. The van der Waals surface area contributed by atoms with Crippen molar-refractivity contribution in [1.82, 2.24) is 14.5 Å². The van der Waals surface area contributed by atoms with Gasteiger partial charge in [0.25, 0.3) is 0 Å². The number of phenols is 2. The Hall–Kier alpha value is -4.89. The molecule has 45 heavy (non-hydrogen) atoms. The fraction of sp³-hybridized carbons (Fsp3) is 0.306. The number of hydrogen-bond acceptors (Lipinski definition) is 6. The maximum absolute atomic E-state index is 13.7. The predicted octanol–water partition coefficient (Wildman–Crippen LogP) is 6.54. The second kappa shape index (κ2) is 11.9. The number of pyridine rings is 1. The van der Waals surface area contributed by atoms with Crippen molar-refractivity contribution in [2.24, 2.45) is 0 Å². The predicted molar refractivity (Wildman–Crippen MR) is 172 cm³/mol. The standard InChI is InChI=1S/C36H35N3O6/c40-26-9-11-27(32(41)20-26)30-13-7-23-18-24(8-12-29(23)37-30)35-34(22-4-2-1-3-5-22)28-10-6-25(36(43)44)19-31(28)39(35)21-33(42)38-14-16-45-17-15-38/h6-13,18-20,22,40-41H,1-5,14-17,21H2,(H,43,44). The van der Waals surface area contributed by atoms with Gasteiger partial charge in [-0.25, -0.2) is 9.78 Å². The first-order valence-corrected chi connectivity index (χ1v) is 15.6. The molecule has 1 saturated carbocycles. The molecule has 2 aromatic heterocycles. The second-order valence-corrected chi connectivity index (χ2v) is 12.0. The summed E-state index contributed by atoms with van der Waals surface area (Å²) in [6.07, 6.45) is 5.54. The van der Waals surface area contributed by atoms with Gasteiger partial charge in [-0.15, -0.1) is 0 Å². The fourth-order valence-corrected chi connectivity index (χ4v) is 7.00. The first-order chi connectivity index (χ1) is 21.9. The van der Waals surface area contributed by atoms with E-state index < -0.39 is 5.97 Å². The highest BCUT2D eigenvalue weighted by Crippen LogP contribution is 2.45. The molecule has 1 saturated heterocycles. The Morgan fingerprint density at radius 2 is 1.69 bits per heavy atom. The van der Waals surface area contributed by atoms with Gasteiger partial charge >= 0.3 is 5.97 Å². The molecule has 2 fully saturated rings. The van der Waals surface area contributed by atoms with E-state index in [0.29, 0.717) is 43.5 Å². The van der Waals surface area contributed by atoms with Crippen LogP contribution in [-0.4, -0.2) is 68.0 Å². The lowest BCUT2D eigenvalue weighted by Gasteiger charge is -2.28. The zero-order valence-corrected chi connectivity index (χ0v) is 24.9. The molecular formula is C36H35N3O6. The summed E-state index contributed by atoms with van der Waals surface area (Å²) in [5, 5.41) is 31.9. The monoisotopic (exact) mass is 605 g/mol. The van der Waals surface area contributed by atoms with Gasteiger partial charge in [-0.05, 0) is 72.4 Å². The van der Waals surface area contributed by atoms with Crippen molar-refractivity contribution in [3.63, 3.8) is 0 Å². The van der Waals surface area contributed by atoms with Crippen molar-refractivity contribution in [2.45, 2.75) is 44.6 Å². The number of benzene rings is 3. The molecule has 3 heterocycles.